The minimum atomic E-state index is 0.402. The molecule has 3 heterocycles. The third-order valence-electron chi connectivity index (χ3n) is 3.96. The van der Waals surface area contributed by atoms with Gasteiger partial charge in [0.15, 0.2) is 11.7 Å². The zero-order valence-electron chi connectivity index (χ0n) is 14.7. The number of allylic oxidation sites excluding steroid dienone is 1. The molecule has 0 saturated carbocycles. The Balaban J connectivity index is 1.86. The van der Waals surface area contributed by atoms with Gasteiger partial charge in [0.2, 0.25) is 5.88 Å². The van der Waals surface area contributed by atoms with Gasteiger partial charge in [0.05, 0.1) is 12.8 Å². The fraction of sp³-hybridized carbons (Fsp3) is 0.278. The van der Waals surface area contributed by atoms with Crippen LogP contribution in [0, 0.1) is 0 Å². The number of ether oxygens (including phenoxy) is 1. The van der Waals surface area contributed by atoms with E-state index in [1.165, 1.54) is 0 Å². The number of rotatable bonds is 4. The first-order valence-electron chi connectivity index (χ1n) is 8.12. The molecule has 0 N–H and O–H groups in total. The van der Waals surface area contributed by atoms with Crippen LogP contribution in [0.5, 0.6) is 5.88 Å². The molecule has 0 aliphatic carbocycles. The Hall–Kier alpha value is -2.80. The summed E-state index contributed by atoms with van der Waals surface area (Å²) in [5.41, 5.74) is 3.01. The quantitative estimate of drug-likeness (QED) is 0.469. The van der Waals surface area contributed by atoms with Gasteiger partial charge in [0.1, 0.15) is 5.15 Å². The van der Waals surface area contributed by atoms with Crippen molar-refractivity contribution in [3.05, 3.63) is 52.8 Å². The van der Waals surface area contributed by atoms with E-state index in [4.69, 9.17) is 16.3 Å². The highest BCUT2D eigenvalue weighted by atomic mass is 35.5. The number of aliphatic imine (C=N–C) groups is 2. The van der Waals surface area contributed by atoms with Crippen molar-refractivity contribution in [2.45, 2.75) is 19.9 Å². The third-order valence-corrected chi connectivity index (χ3v) is 4.15. The van der Waals surface area contributed by atoms with E-state index in [1.807, 2.05) is 31.3 Å². The summed E-state index contributed by atoms with van der Waals surface area (Å²) in [7, 11) is 1.57. The van der Waals surface area contributed by atoms with Gasteiger partial charge < -0.3 is 9.64 Å². The summed E-state index contributed by atoms with van der Waals surface area (Å²) < 4.78 is 5.20. The lowest BCUT2D eigenvalue weighted by atomic mass is 10.1. The number of fused-ring (bicyclic) bond motifs is 1. The van der Waals surface area contributed by atoms with Crippen molar-refractivity contribution in [2.24, 2.45) is 9.98 Å². The van der Waals surface area contributed by atoms with E-state index in [0.717, 1.165) is 29.9 Å². The van der Waals surface area contributed by atoms with Gasteiger partial charge in [0.25, 0.3) is 0 Å². The number of aromatic nitrogens is 3. The van der Waals surface area contributed by atoms with Crippen molar-refractivity contribution in [3.8, 4) is 5.88 Å². The van der Waals surface area contributed by atoms with Crippen LogP contribution in [0.1, 0.15) is 24.0 Å². The van der Waals surface area contributed by atoms with Gasteiger partial charge in [-0.25, -0.2) is 24.9 Å². The number of methoxy groups -OCH3 is 1. The Morgan fingerprint density at radius 1 is 1.38 bits per heavy atom. The fourth-order valence-electron chi connectivity index (χ4n) is 2.71. The van der Waals surface area contributed by atoms with E-state index in [9.17, 15) is 0 Å². The molecule has 134 valence electrons. The topological polar surface area (TPSA) is 75.9 Å². The zero-order chi connectivity index (χ0) is 18.5. The number of anilines is 1. The minimum Gasteiger partial charge on any atom is -0.481 e. The van der Waals surface area contributed by atoms with Crippen molar-refractivity contribution in [3.63, 3.8) is 0 Å². The second-order valence-corrected chi connectivity index (χ2v) is 6.01. The summed E-state index contributed by atoms with van der Waals surface area (Å²) in [6.07, 6.45) is 6.06. The lowest BCUT2D eigenvalue weighted by Gasteiger charge is -2.30. The van der Waals surface area contributed by atoms with Gasteiger partial charge in [-0.3, -0.25) is 0 Å². The molecule has 0 radical (unpaired) electrons. The molecule has 0 fully saturated rings. The van der Waals surface area contributed by atoms with Crippen LogP contribution < -0.4 is 9.64 Å². The molecular weight excluding hydrogens is 352 g/mol. The molecule has 8 heteroatoms. The van der Waals surface area contributed by atoms with Crippen LogP contribution in [0.3, 0.4) is 0 Å². The molecule has 0 saturated heterocycles. The zero-order valence-corrected chi connectivity index (χ0v) is 15.4. The molecule has 0 unspecified atom stereocenters. The van der Waals surface area contributed by atoms with Gasteiger partial charge in [-0.15, -0.1) is 0 Å². The molecule has 3 rings (SSSR count). The Morgan fingerprint density at radius 2 is 2.23 bits per heavy atom. The van der Waals surface area contributed by atoms with Crippen molar-refractivity contribution in [1.29, 1.82) is 0 Å². The molecule has 0 aromatic carbocycles. The normalized spacial score (nSPS) is 14.4. The molecular formula is C18H19ClN6O. The second-order valence-electron chi connectivity index (χ2n) is 5.62. The number of hydrogen-bond donors (Lipinski definition) is 0. The highest BCUT2D eigenvalue weighted by molar-refractivity contribution is 6.29. The summed E-state index contributed by atoms with van der Waals surface area (Å²) in [5.74, 6) is 1.39. The first-order chi connectivity index (χ1) is 12.6. The SMILES string of the molecule is C=NC(=N/C=C\C)c1ncc2c(n1)CCN(c1cc(Cl)nc(OC)c1)C2. The van der Waals surface area contributed by atoms with Crippen LogP contribution in [0.4, 0.5) is 5.69 Å². The van der Waals surface area contributed by atoms with E-state index in [1.54, 1.807) is 13.3 Å². The van der Waals surface area contributed by atoms with Crippen LogP contribution in [0.25, 0.3) is 0 Å². The van der Waals surface area contributed by atoms with Crippen LogP contribution in [0.15, 0.2) is 40.6 Å². The Labute approximate surface area is 157 Å². The highest BCUT2D eigenvalue weighted by Crippen LogP contribution is 2.28. The van der Waals surface area contributed by atoms with Gasteiger partial charge >= 0.3 is 0 Å². The maximum atomic E-state index is 6.08. The van der Waals surface area contributed by atoms with E-state index in [-0.39, 0.29) is 0 Å². The molecule has 0 bridgehead atoms. The fourth-order valence-corrected chi connectivity index (χ4v) is 2.90. The maximum absolute atomic E-state index is 6.08. The smallest absolute Gasteiger partial charge is 0.216 e. The van der Waals surface area contributed by atoms with E-state index in [2.05, 4.69) is 36.6 Å². The number of pyridine rings is 1. The summed E-state index contributed by atoms with van der Waals surface area (Å²) in [6.45, 7) is 6.91. The van der Waals surface area contributed by atoms with Crippen LogP contribution in [-0.2, 0) is 13.0 Å². The molecule has 2 aromatic heterocycles. The largest absolute Gasteiger partial charge is 0.481 e. The summed E-state index contributed by atoms with van der Waals surface area (Å²) in [5, 5.41) is 0.402. The van der Waals surface area contributed by atoms with Crippen molar-refractivity contribution in [1.82, 2.24) is 15.0 Å². The number of amidine groups is 1. The van der Waals surface area contributed by atoms with E-state index >= 15 is 0 Å². The van der Waals surface area contributed by atoms with Crippen molar-refractivity contribution in [2.75, 3.05) is 18.6 Å². The predicted octanol–water partition coefficient (Wildman–Crippen LogP) is 3.08. The monoisotopic (exact) mass is 370 g/mol. The maximum Gasteiger partial charge on any atom is 0.216 e. The first kappa shape index (κ1) is 18.0. The number of nitrogens with zero attached hydrogens (tertiary/aromatic N) is 6. The molecule has 0 spiro atoms. The lowest BCUT2D eigenvalue weighted by molar-refractivity contribution is 0.398. The molecule has 26 heavy (non-hydrogen) atoms. The summed E-state index contributed by atoms with van der Waals surface area (Å²) in [4.78, 5) is 23.4. The number of halogens is 1. The lowest BCUT2D eigenvalue weighted by Crippen LogP contribution is -2.31. The Bertz CT molecular complexity index is 880. The Kier molecular flexibility index (Phi) is 5.58. The third kappa shape index (κ3) is 3.88. The second kappa shape index (κ2) is 8.05. The van der Waals surface area contributed by atoms with Gasteiger partial charge in [-0.1, -0.05) is 17.7 Å². The van der Waals surface area contributed by atoms with Crippen LogP contribution in [0.2, 0.25) is 5.15 Å². The van der Waals surface area contributed by atoms with E-state index < -0.39 is 0 Å². The first-order valence-corrected chi connectivity index (χ1v) is 8.49. The predicted molar refractivity (Wildman–Crippen MR) is 103 cm³/mol. The standard InChI is InChI=1S/C18H19ClN6O/c1-4-6-21-17(20-2)18-22-10-12-11-25(7-5-14(12)23-18)13-8-15(19)24-16(9-13)26-3/h4,6,8-10H,2,5,7,11H2,1,3H3/b6-4-,21-17?. The van der Waals surface area contributed by atoms with E-state index in [0.29, 0.717) is 29.2 Å². The van der Waals surface area contributed by atoms with Crippen LogP contribution >= 0.6 is 11.6 Å². The molecule has 1 aliphatic rings. The Morgan fingerprint density at radius 3 is 2.96 bits per heavy atom. The van der Waals surface area contributed by atoms with Gasteiger partial charge in [0, 0.05) is 49.2 Å². The molecule has 1 aliphatic heterocycles. The van der Waals surface area contributed by atoms with Crippen LogP contribution in [-0.4, -0.2) is 41.2 Å². The molecule has 7 nitrogen and oxygen atoms in total. The highest BCUT2D eigenvalue weighted by Gasteiger charge is 2.20. The van der Waals surface area contributed by atoms with Gasteiger partial charge in [-0.2, -0.15) is 0 Å². The molecule has 2 aromatic rings. The number of hydrogen-bond acceptors (Lipinski definition) is 6. The minimum absolute atomic E-state index is 0.402. The molecule has 0 amide bonds. The summed E-state index contributed by atoms with van der Waals surface area (Å²) in [6, 6.07) is 3.70. The van der Waals surface area contributed by atoms with Crippen molar-refractivity contribution >= 4 is 29.8 Å². The van der Waals surface area contributed by atoms with Crippen molar-refractivity contribution < 1.29 is 4.74 Å². The molecule has 0 atom stereocenters. The summed E-state index contributed by atoms with van der Waals surface area (Å²) >= 11 is 6.08. The van der Waals surface area contributed by atoms with Gasteiger partial charge in [-0.05, 0) is 19.7 Å². The average molecular weight is 371 g/mol. The average Bonchev–Trinajstić information content (AvgIpc) is 2.67.